The van der Waals surface area contributed by atoms with Crippen LogP contribution in [0.25, 0.3) is 33.4 Å². The molecule has 2 aromatic carbocycles. The van der Waals surface area contributed by atoms with Crippen LogP contribution < -0.4 is 0 Å². The predicted molar refractivity (Wildman–Crippen MR) is 89.7 cm³/mol. The lowest BCUT2D eigenvalue weighted by atomic mass is 9.96. The van der Waals surface area contributed by atoms with Gasteiger partial charge >= 0.3 is 0 Å². The Balaban J connectivity index is 2.18. The Kier molecular flexibility index (Phi) is 3.32. The van der Waals surface area contributed by atoms with E-state index in [0.717, 1.165) is 11.1 Å². The Morgan fingerprint density at radius 1 is 1.00 bits per heavy atom. The zero-order valence-electron chi connectivity index (χ0n) is 11.9. The largest absolute Gasteiger partial charge is 0.345 e. The molecular weight excluding hydrogens is 313 g/mol. The average molecular weight is 324 g/mol. The van der Waals surface area contributed by atoms with E-state index in [9.17, 15) is 4.39 Å². The Hall–Kier alpha value is -2.72. The van der Waals surface area contributed by atoms with E-state index in [0.29, 0.717) is 27.4 Å². The summed E-state index contributed by atoms with van der Waals surface area (Å²) < 4.78 is 13.8. The standard InChI is InChI=1S/C18H11ClFN3/c19-17-16(18-21-8-9-22-18)15(11-4-2-1-3-5-11)13-10-12(20)6-7-14(13)23-17/h1-10H,(H,21,22). The Bertz CT molecular complexity index is 982. The lowest BCUT2D eigenvalue weighted by Crippen LogP contribution is -1.94. The minimum Gasteiger partial charge on any atom is -0.345 e. The molecule has 0 fully saturated rings. The molecule has 1 N–H and O–H groups in total. The monoisotopic (exact) mass is 323 g/mol. The molecule has 0 saturated carbocycles. The molecule has 0 saturated heterocycles. The van der Waals surface area contributed by atoms with Crippen LogP contribution in [0.3, 0.4) is 0 Å². The smallest absolute Gasteiger partial charge is 0.141 e. The molecule has 4 rings (SSSR count). The van der Waals surface area contributed by atoms with Crippen molar-refractivity contribution >= 4 is 22.5 Å². The number of H-pyrrole nitrogens is 1. The zero-order chi connectivity index (χ0) is 15.8. The highest BCUT2D eigenvalue weighted by molar-refractivity contribution is 6.33. The highest BCUT2D eigenvalue weighted by Crippen LogP contribution is 2.40. The minimum absolute atomic E-state index is 0.316. The normalized spacial score (nSPS) is 11.0. The summed E-state index contributed by atoms with van der Waals surface area (Å²) >= 11 is 6.42. The van der Waals surface area contributed by atoms with Crippen molar-refractivity contribution in [2.45, 2.75) is 0 Å². The maximum Gasteiger partial charge on any atom is 0.141 e. The maximum absolute atomic E-state index is 13.8. The summed E-state index contributed by atoms with van der Waals surface area (Å²) in [6, 6.07) is 14.2. The highest BCUT2D eigenvalue weighted by atomic mass is 35.5. The van der Waals surface area contributed by atoms with Gasteiger partial charge in [-0.05, 0) is 23.8 Å². The second-order valence-electron chi connectivity index (χ2n) is 5.12. The number of aromatic amines is 1. The lowest BCUT2D eigenvalue weighted by Gasteiger charge is -2.13. The first-order valence-electron chi connectivity index (χ1n) is 7.08. The molecule has 0 amide bonds. The number of nitrogens with one attached hydrogen (secondary N) is 1. The van der Waals surface area contributed by atoms with E-state index in [-0.39, 0.29) is 5.82 Å². The van der Waals surface area contributed by atoms with Gasteiger partial charge in [-0.1, -0.05) is 41.9 Å². The SMILES string of the molecule is Fc1ccc2nc(Cl)c(-c3ncc[nH]3)c(-c3ccccc3)c2c1. The van der Waals surface area contributed by atoms with Crippen molar-refractivity contribution < 1.29 is 4.39 Å². The fraction of sp³-hybridized carbons (Fsp3) is 0. The van der Waals surface area contributed by atoms with Crippen LogP contribution in [-0.4, -0.2) is 15.0 Å². The number of hydrogen-bond acceptors (Lipinski definition) is 2. The van der Waals surface area contributed by atoms with Crippen molar-refractivity contribution in [3.63, 3.8) is 0 Å². The summed E-state index contributed by atoms with van der Waals surface area (Å²) in [5.41, 5.74) is 3.06. The summed E-state index contributed by atoms with van der Waals surface area (Å²) in [6.45, 7) is 0. The van der Waals surface area contributed by atoms with Crippen molar-refractivity contribution in [3.8, 4) is 22.5 Å². The van der Waals surface area contributed by atoms with Gasteiger partial charge < -0.3 is 4.98 Å². The first-order valence-corrected chi connectivity index (χ1v) is 7.46. The first kappa shape index (κ1) is 13.9. The van der Waals surface area contributed by atoms with Gasteiger partial charge in [-0.25, -0.2) is 14.4 Å². The van der Waals surface area contributed by atoms with Gasteiger partial charge in [-0.2, -0.15) is 0 Å². The number of pyridine rings is 1. The molecule has 0 atom stereocenters. The van der Waals surface area contributed by atoms with Crippen LogP contribution in [0.5, 0.6) is 0 Å². The summed E-state index contributed by atoms with van der Waals surface area (Å²) in [5.74, 6) is 0.289. The third-order valence-electron chi connectivity index (χ3n) is 3.70. The van der Waals surface area contributed by atoms with Crippen LogP contribution in [0.2, 0.25) is 5.15 Å². The summed E-state index contributed by atoms with van der Waals surface area (Å²) in [6.07, 6.45) is 3.37. The summed E-state index contributed by atoms with van der Waals surface area (Å²) in [7, 11) is 0. The Morgan fingerprint density at radius 3 is 2.57 bits per heavy atom. The second-order valence-corrected chi connectivity index (χ2v) is 5.48. The zero-order valence-corrected chi connectivity index (χ0v) is 12.7. The molecule has 0 aliphatic carbocycles. The van der Waals surface area contributed by atoms with Crippen LogP contribution >= 0.6 is 11.6 Å². The molecule has 0 aliphatic rings. The van der Waals surface area contributed by atoms with Crippen molar-refractivity contribution in [2.24, 2.45) is 0 Å². The van der Waals surface area contributed by atoms with Gasteiger partial charge in [0.25, 0.3) is 0 Å². The van der Waals surface area contributed by atoms with Crippen LogP contribution in [0, 0.1) is 5.82 Å². The summed E-state index contributed by atoms with van der Waals surface area (Å²) in [5, 5.41) is 1.03. The van der Waals surface area contributed by atoms with Gasteiger partial charge in [0.15, 0.2) is 0 Å². The third kappa shape index (κ3) is 2.37. The van der Waals surface area contributed by atoms with Gasteiger partial charge in [0.1, 0.15) is 16.8 Å². The van der Waals surface area contributed by atoms with E-state index < -0.39 is 0 Å². The van der Waals surface area contributed by atoms with E-state index in [2.05, 4.69) is 15.0 Å². The number of fused-ring (bicyclic) bond motifs is 1. The quantitative estimate of drug-likeness (QED) is 0.522. The fourth-order valence-corrected chi connectivity index (χ4v) is 3.00. The predicted octanol–water partition coefficient (Wildman–Crippen LogP) is 5.08. The number of rotatable bonds is 2. The van der Waals surface area contributed by atoms with E-state index in [1.54, 1.807) is 18.5 Å². The third-order valence-corrected chi connectivity index (χ3v) is 3.97. The highest BCUT2D eigenvalue weighted by Gasteiger charge is 2.19. The van der Waals surface area contributed by atoms with Gasteiger partial charge in [0, 0.05) is 23.3 Å². The lowest BCUT2D eigenvalue weighted by molar-refractivity contribution is 0.629. The van der Waals surface area contributed by atoms with Gasteiger partial charge in [-0.15, -0.1) is 0 Å². The molecule has 0 bridgehead atoms. The molecule has 23 heavy (non-hydrogen) atoms. The van der Waals surface area contributed by atoms with Crippen molar-refractivity contribution in [3.05, 3.63) is 71.9 Å². The van der Waals surface area contributed by atoms with Crippen molar-refractivity contribution in [2.75, 3.05) is 0 Å². The molecule has 2 aromatic heterocycles. The number of nitrogens with zero attached hydrogens (tertiary/aromatic N) is 2. The molecule has 5 heteroatoms. The molecular formula is C18H11ClFN3. The molecule has 0 aliphatic heterocycles. The fourth-order valence-electron chi connectivity index (χ4n) is 2.73. The number of benzene rings is 2. The molecule has 3 nitrogen and oxygen atoms in total. The number of imidazole rings is 1. The molecule has 112 valence electrons. The minimum atomic E-state index is -0.316. The van der Waals surface area contributed by atoms with Crippen LogP contribution in [-0.2, 0) is 0 Å². The Morgan fingerprint density at radius 2 is 1.83 bits per heavy atom. The summed E-state index contributed by atoms with van der Waals surface area (Å²) in [4.78, 5) is 11.7. The van der Waals surface area contributed by atoms with Gasteiger partial charge in [-0.3, -0.25) is 0 Å². The Labute approximate surface area is 136 Å². The van der Waals surface area contributed by atoms with Crippen molar-refractivity contribution in [1.82, 2.24) is 15.0 Å². The van der Waals surface area contributed by atoms with Crippen molar-refractivity contribution in [1.29, 1.82) is 0 Å². The average Bonchev–Trinajstić information content (AvgIpc) is 3.09. The molecule has 2 heterocycles. The van der Waals surface area contributed by atoms with E-state index in [1.807, 2.05) is 30.3 Å². The van der Waals surface area contributed by atoms with Gasteiger partial charge in [0.05, 0.1) is 11.1 Å². The van der Waals surface area contributed by atoms with Crippen LogP contribution in [0.15, 0.2) is 60.9 Å². The molecule has 0 radical (unpaired) electrons. The molecule has 0 unspecified atom stereocenters. The molecule has 4 aromatic rings. The van der Waals surface area contributed by atoms with Crippen LogP contribution in [0.4, 0.5) is 4.39 Å². The molecule has 0 spiro atoms. The van der Waals surface area contributed by atoms with E-state index >= 15 is 0 Å². The van der Waals surface area contributed by atoms with E-state index in [1.165, 1.54) is 12.1 Å². The first-order chi connectivity index (χ1) is 11.2. The second kappa shape index (κ2) is 5.48. The number of hydrogen-bond donors (Lipinski definition) is 1. The van der Waals surface area contributed by atoms with Gasteiger partial charge in [0.2, 0.25) is 0 Å². The van der Waals surface area contributed by atoms with Crippen LogP contribution in [0.1, 0.15) is 0 Å². The number of aromatic nitrogens is 3. The topological polar surface area (TPSA) is 41.6 Å². The maximum atomic E-state index is 13.8. The number of halogens is 2. The van der Waals surface area contributed by atoms with E-state index in [4.69, 9.17) is 11.6 Å².